The van der Waals surface area contributed by atoms with Gasteiger partial charge in [-0.3, -0.25) is 9.59 Å². The van der Waals surface area contributed by atoms with E-state index < -0.39 is 18.2 Å². The molecule has 2 unspecified atom stereocenters. The van der Waals surface area contributed by atoms with Gasteiger partial charge in [-0.05, 0) is 6.42 Å². The van der Waals surface area contributed by atoms with E-state index in [0.717, 1.165) is 0 Å². The lowest BCUT2D eigenvalue weighted by Crippen LogP contribution is -2.25. The maximum atomic E-state index is 11.4. The molecule has 0 radical (unpaired) electrons. The van der Waals surface area contributed by atoms with E-state index in [0.29, 0.717) is 13.0 Å². The summed E-state index contributed by atoms with van der Waals surface area (Å²) >= 11 is 0. The summed E-state index contributed by atoms with van der Waals surface area (Å²) in [6.45, 7) is 2.58. The Kier molecular flexibility index (Phi) is 15.6. The van der Waals surface area contributed by atoms with Crippen molar-refractivity contribution in [3.63, 3.8) is 0 Å². The molecule has 0 heterocycles. The van der Waals surface area contributed by atoms with Crippen molar-refractivity contribution in [1.29, 1.82) is 0 Å². The summed E-state index contributed by atoms with van der Waals surface area (Å²) in [4.78, 5) is 22.2. The predicted molar refractivity (Wildman–Crippen MR) is 91.8 cm³/mol. The predicted octanol–water partition coefficient (Wildman–Crippen LogP) is 0.249. The first-order valence-electron chi connectivity index (χ1n) is 7.48. The van der Waals surface area contributed by atoms with E-state index >= 15 is 0 Å². The second-order valence-corrected chi connectivity index (χ2v) is 7.11. The topological polar surface area (TPSA) is 112 Å². The average molecular weight is 386 g/mol. The number of aliphatic hydroxyl groups excluding tert-OH is 2. The van der Waals surface area contributed by atoms with Crippen LogP contribution in [0.4, 0.5) is 0 Å². The van der Waals surface area contributed by atoms with Gasteiger partial charge in [0.15, 0.2) is 0 Å². The second kappa shape index (κ2) is 16.0. The van der Waals surface area contributed by atoms with Crippen molar-refractivity contribution < 1.29 is 38.7 Å². The largest absolute Gasteiger partial charge is 0.468 e. The normalized spacial score (nSPS) is 13.3. The highest BCUT2D eigenvalue weighted by atomic mass is 33.1. The van der Waals surface area contributed by atoms with Crippen molar-refractivity contribution in [3.8, 4) is 0 Å². The van der Waals surface area contributed by atoms with Crippen LogP contribution in [0.25, 0.3) is 0 Å². The summed E-state index contributed by atoms with van der Waals surface area (Å²) in [5.74, 6) is -0.611. The van der Waals surface area contributed by atoms with Crippen LogP contribution in [0.5, 0.6) is 0 Å². The third-order valence-electron chi connectivity index (χ3n) is 2.56. The monoisotopic (exact) mass is 386 g/mol. The Morgan fingerprint density at radius 2 is 1.46 bits per heavy atom. The fraction of sp³-hybridized carbons (Fsp3) is 0.857. The molecule has 0 saturated heterocycles. The van der Waals surface area contributed by atoms with Crippen molar-refractivity contribution in [1.82, 2.24) is 0 Å². The average Bonchev–Trinajstić information content (AvgIpc) is 2.59. The van der Waals surface area contributed by atoms with Gasteiger partial charge in [0.25, 0.3) is 0 Å². The summed E-state index contributed by atoms with van der Waals surface area (Å²) < 4.78 is 19.7. The standard InChI is InChI=1S/C14H26O8S2/c1-3-11(15)6-20-4-5-21-7-12(16)8-22-14(18)10-24-23-9-13(17)19-2/h11-12,15-16H,3-10H2,1-2H3. The molecule has 0 fully saturated rings. The molecule has 0 rings (SSSR count). The summed E-state index contributed by atoms with van der Waals surface area (Å²) in [5, 5.41) is 18.9. The number of esters is 2. The Bertz CT molecular complexity index is 343. The molecule has 0 bridgehead atoms. The van der Waals surface area contributed by atoms with Crippen LogP contribution in [-0.4, -0.2) is 86.0 Å². The van der Waals surface area contributed by atoms with Gasteiger partial charge in [-0.25, -0.2) is 0 Å². The number of aliphatic hydroxyl groups is 2. The zero-order valence-electron chi connectivity index (χ0n) is 14.0. The highest BCUT2D eigenvalue weighted by Crippen LogP contribution is 2.20. The van der Waals surface area contributed by atoms with Crippen LogP contribution in [0.3, 0.4) is 0 Å². The number of hydrogen-bond acceptors (Lipinski definition) is 10. The number of carbonyl (C=O) groups excluding carboxylic acids is 2. The minimum absolute atomic E-state index is 0.0250. The molecule has 24 heavy (non-hydrogen) atoms. The fourth-order valence-corrected chi connectivity index (χ4v) is 2.83. The van der Waals surface area contributed by atoms with E-state index in [1.165, 1.54) is 28.7 Å². The molecule has 0 spiro atoms. The molecule has 142 valence electrons. The number of carbonyl (C=O) groups is 2. The Balaban J connectivity index is 3.46. The smallest absolute Gasteiger partial charge is 0.316 e. The van der Waals surface area contributed by atoms with E-state index in [9.17, 15) is 19.8 Å². The molecule has 0 aromatic heterocycles. The quantitative estimate of drug-likeness (QED) is 0.231. The van der Waals surface area contributed by atoms with Crippen molar-refractivity contribution in [2.75, 3.05) is 51.6 Å². The lowest BCUT2D eigenvalue weighted by atomic mass is 10.3. The molecule has 8 nitrogen and oxygen atoms in total. The van der Waals surface area contributed by atoms with Gasteiger partial charge in [-0.1, -0.05) is 28.5 Å². The highest BCUT2D eigenvalue weighted by Gasteiger charge is 2.10. The van der Waals surface area contributed by atoms with Crippen LogP contribution >= 0.6 is 21.6 Å². The first-order valence-corrected chi connectivity index (χ1v) is 9.96. The summed E-state index contributed by atoms with van der Waals surface area (Å²) in [5.41, 5.74) is 0. The van der Waals surface area contributed by atoms with E-state index in [1.54, 1.807) is 0 Å². The van der Waals surface area contributed by atoms with Gasteiger partial charge in [0.1, 0.15) is 24.2 Å². The molecule has 0 aliphatic rings. The van der Waals surface area contributed by atoms with E-state index in [1.807, 2.05) is 6.92 Å². The molecule has 0 aromatic carbocycles. The van der Waals surface area contributed by atoms with Crippen molar-refractivity contribution >= 4 is 33.5 Å². The van der Waals surface area contributed by atoms with Gasteiger partial charge in [-0.15, -0.1) is 0 Å². The Hall–Kier alpha value is -0.520. The fourth-order valence-electron chi connectivity index (χ4n) is 1.19. The Morgan fingerprint density at radius 3 is 2.00 bits per heavy atom. The van der Waals surface area contributed by atoms with Gasteiger partial charge in [0.2, 0.25) is 0 Å². The van der Waals surface area contributed by atoms with Crippen molar-refractivity contribution in [3.05, 3.63) is 0 Å². The molecule has 2 N–H and O–H groups in total. The number of rotatable bonds is 15. The number of hydrogen-bond donors (Lipinski definition) is 2. The van der Waals surface area contributed by atoms with Gasteiger partial charge < -0.3 is 29.2 Å². The minimum Gasteiger partial charge on any atom is -0.468 e. The number of ether oxygens (including phenoxy) is 4. The molecular weight excluding hydrogens is 360 g/mol. The SMILES string of the molecule is CCC(O)COCCOCC(O)COC(=O)CSSCC(=O)OC. The van der Waals surface area contributed by atoms with Crippen LogP contribution in [0.2, 0.25) is 0 Å². The summed E-state index contributed by atoms with van der Waals surface area (Å²) in [6, 6.07) is 0. The van der Waals surface area contributed by atoms with E-state index in [-0.39, 0.29) is 43.9 Å². The first-order chi connectivity index (χ1) is 11.5. The molecular formula is C14H26O8S2. The van der Waals surface area contributed by atoms with Crippen LogP contribution in [-0.2, 0) is 28.5 Å². The zero-order chi connectivity index (χ0) is 18.2. The summed E-state index contributed by atoms with van der Waals surface area (Å²) in [7, 11) is 3.67. The Labute approximate surface area is 149 Å². The molecule has 0 aliphatic heterocycles. The maximum absolute atomic E-state index is 11.4. The van der Waals surface area contributed by atoms with E-state index in [4.69, 9.17) is 14.2 Å². The van der Waals surface area contributed by atoms with Gasteiger partial charge >= 0.3 is 11.9 Å². The van der Waals surface area contributed by atoms with Crippen molar-refractivity contribution in [2.24, 2.45) is 0 Å². The molecule has 0 aromatic rings. The van der Waals surface area contributed by atoms with Crippen molar-refractivity contribution in [2.45, 2.75) is 25.6 Å². The highest BCUT2D eigenvalue weighted by molar-refractivity contribution is 8.77. The van der Waals surface area contributed by atoms with E-state index in [2.05, 4.69) is 4.74 Å². The second-order valence-electron chi connectivity index (χ2n) is 4.65. The van der Waals surface area contributed by atoms with Crippen LogP contribution in [0, 0.1) is 0 Å². The van der Waals surface area contributed by atoms with Crippen LogP contribution < -0.4 is 0 Å². The molecule has 0 saturated carbocycles. The zero-order valence-corrected chi connectivity index (χ0v) is 15.6. The molecule has 2 atom stereocenters. The molecule has 0 aliphatic carbocycles. The lowest BCUT2D eigenvalue weighted by Gasteiger charge is -2.12. The third-order valence-corrected chi connectivity index (χ3v) is 4.65. The first kappa shape index (κ1) is 23.5. The van der Waals surface area contributed by atoms with Crippen LogP contribution in [0.1, 0.15) is 13.3 Å². The molecule has 0 amide bonds. The van der Waals surface area contributed by atoms with Gasteiger partial charge in [0.05, 0.1) is 39.6 Å². The minimum atomic E-state index is -0.914. The van der Waals surface area contributed by atoms with Crippen LogP contribution in [0.15, 0.2) is 0 Å². The number of methoxy groups -OCH3 is 1. The summed E-state index contributed by atoms with van der Waals surface area (Å²) in [6.07, 6.45) is -0.758. The Morgan fingerprint density at radius 1 is 0.917 bits per heavy atom. The molecule has 10 heteroatoms. The third kappa shape index (κ3) is 15.0. The van der Waals surface area contributed by atoms with Gasteiger partial charge in [-0.2, -0.15) is 0 Å². The lowest BCUT2D eigenvalue weighted by molar-refractivity contribution is -0.144. The van der Waals surface area contributed by atoms with Gasteiger partial charge in [0, 0.05) is 0 Å². The maximum Gasteiger partial charge on any atom is 0.316 e.